The first-order valence-electron chi connectivity index (χ1n) is 7.67. The molecule has 0 radical (unpaired) electrons. The standard InChI is InChI=1S/C18H18N2O4S/c1-2-11-24-13-9-7-12(8-10-13)16(21)20-18(25)19-15-6-4-3-5-14(15)17(22)23/h3-10H,2,11H2,1H3,(H,22,23)(H2,19,20,21,25)/p-1. The van der Waals surface area contributed by atoms with Gasteiger partial charge in [-0.25, -0.2) is 0 Å². The van der Waals surface area contributed by atoms with Crippen LogP contribution < -0.4 is 20.5 Å². The number of anilines is 1. The number of nitrogens with one attached hydrogen (secondary N) is 2. The van der Waals surface area contributed by atoms with Crippen molar-refractivity contribution >= 4 is 34.9 Å². The van der Waals surface area contributed by atoms with Crippen LogP contribution in [0.2, 0.25) is 0 Å². The molecule has 0 unspecified atom stereocenters. The molecule has 130 valence electrons. The maximum Gasteiger partial charge on any atom is 0.257 e. The van der Waals surface area contributed by atoms with Crippen LogP contribution in [-0.4, -0.2) is 23.6 Å². The summed E-state index contributed by atoms with van der Waals surface area (Å²) in [4.78, 5) is 23.2. The number of carbonyl (C=O) groups excluding carboxylic acids is 2. The zero-order valence-electron chi connectivity index (χ0n) is 13.6. The fourth-order valence-electron chi connectivity index (χ4n) is 2.02. The van der Waals surface area contributed by atoms with Gasteiger partial charge in [-0.15, -0.1) is 0 Å². The Hall–Kier alpha value is -2.93. The molecular formula is C18H17N2O4S-. The van der Waals surface area contributed by atoms with Crippen LogP contribution in [0.5, 0.6) is 5.75 Å². The lowest BCUT2D eigenvalue weighted by atomic mass is 10.2. The van der Waals surface area contributed by atoms with Gasteiger partial charge in [-0.05, 0) is 49.0 Å². The summed E-state index contributed by atoms with van der Waals surface area (Å²) in [5.74, 6) is -1.06. The molecule has 0 bridgehead atoms. The number of hydrogen-bond acceptors (Lipinski definition) is 5. The number of thiocarbonyl (C=S) groups is 1. The first kappa shape index (κ1) is 18.4. The Morgan fingerprint density at radius 3 is 2.44 bits per heavy atom. The summed E-state index contributed by atoms with van der Waals surface area (Å²) in [5, 5.41) is 16.2. The quantitative estimate of drug-likeness (QED) is 0.768. The maximum absolute atomic E-state index is 12.2. The van der Waals surface area contributed by atoms with E-state index in [1.807, 2.05) is 6.92 Å². The van der Waals surface area contributed by atoms with Gasteiger partial charge in [0.25, 0.3) is 5.91 Å². The summed E-state index contributed by atoms with van der Waals surface area (Å²) in [6.45, 7) is 2.62. The molecule has 7 heteroatoms. The predicted octanol–water partition coefficient (Wildman–Crippen LogP) is 1.97. The van der Waals surface area contributed by atoms with Gasteiger partial charge in [0, 0.05) is 16.8 Å². The molecule has 0 atom stereocenters. The fraction of sp³-hybridized carbons (Fsp3) is 0.167. The lowest BCUT2D eigenvalue weighted by Crippen LogP contribution is -2.35. The number of hydrogen-bond donors (Lipinski definition) is 2. The first-order valence-corrected chi connectivity index (χ1v) is 8.07. The number of carboxylic acid groups (broad SMARTS) is 1. The molecule has 0 aromatic heterocycles. The minimum absolute atomic E-state index is 0.00925. The van der Waals surface area contributed by atoms with Crippen molar-refractivity contribution in [3.63, 3.8) is 0 Å². The van der Waals surface area contributed by atoms with E-state index in [2.05, 4.69) is 10.6 Å². The van der Waals surface area contributed by atoms with Crippen molar-refractivity contribution in [2.24, 2.45) is 0 Å². The van der Waals surface area contributed by atoms with Crippen molar-refractivity contribution in [3.05, 3.63) is 59.7 Å². The van der Waals surface area contributed by atoms with E-state index in [9.17, 15) is 14.7 Å². The number of amides is 1. The van der Waals surface area contributed by atoms with Gasteiger partial charge >= 0.3 is 0 Å². The van der Waals surface area contributed by atoms with Crippen molar-refractivity contribution in [1.29, 1.82) is 0 Å². The monoisotopic (exact) mass is 357 g/mol. The molecule has 0 aliphatic rings. The topological polar surface area (TPSA) is 90.5 Å². The van der Waals surface area contributed by atoms with Gasteiger partial charge in [0.15, 0.2) is 5.11 Å². The number of rotatable bonds is 6. The molecule has 2 N–H and O–H groups in total. The average Bonchev–Trinajstić information content (AvgIpc) is 2.60. The third kappa shape index (κ3) is 5.29. The lowest BCUT2D eigenvalue weighted by molar-refractivity contribution is -0.254. The van der Waals surface area contributed by atoms with E-state index in [4.69, 9.17) is 17.0 Å². The lowest BCUT2D eigenvalue weighted by Gasteiger charge is -2.14. The van der Waals surface area contributed by atoms with E-state index >= 15 is 0 Å². The Bertz CT molecular complexity index is 775. The van der Waals surface area contributed by atoms with Gasteiger partial charge in [-0.2, -0.15) is 0 Å². The summed E-state index contributed by atoms with van der Waals surface area (Å²) in [7, 11) is 0. The summed E-state index contributed by atoms with van der Waals surface area (Å²) in [5.41, 5.74) is 0.605. The third-order valence-electron chi connectivity index (χ3n) is 3.21. The number of carboxylic acids is 1. The van der Waals surface area contributed by atoms with Crippen LogP contribution in [-0.2, 0) is 0 Å². The highest BCUT2D eigenvalue weighted by atomic mass is 32.1. The van der Waals surface area contributed by atoms with Gasteiger partial charge in [0.1, 0.15) is 5.75 Å². The molecule has 2 aromatic rings. The average molecular weight is 357 g/mol. The Labute approximate surface area is 150 Å². The van der Waals surface area contributed by atoms with E-state index in [0.717, 1.165) is 6.42 Å². The zero-order chi connectivity index (χ0) is 18.2. The Balaban J connectivity index is 1.98. The SMILES string of the molecule is CCCOc1ccc(C(=O)NC(=S)Nc2ccccc2C(=O)[O-])cc1. The van der Waals surface area contributed by atoms with Crippen LogP contribution in [0.15, 0.2) is 48.5 Å². The molecule has 0 aliphatic heterocycles. The summed E-state index contributed by atoms with van der Waals surface area (Å²) >= 11 is 5.06. The van der Waals surface area contributed by atoms with Crippen LogP contribution in [0, 0.1) is 0 Å². The van der Waals surface area contributed by atoms with Gasteiger partial charge < -0.3 is 20.0 Å². The molecule has 0 fully saturated rings. The molecule has 25 heavy (non-hydrogen) atoms. The second-order valence-electron chi connectivity index (χ2n) is 5.11. The molecule has 0 heterocycles. The molecule has 0 saturated heterocycles. The summed E-state index contributed by atoms with van der Waals surface area (Å²) in [6, 6.07) is 12.8. The number of aromatic carboxylic acids is 1. The molecular weight excluding hydrogens is 340 g/mol. The van der Waals surface area contributed by atoms with E-state index < -0.39 is 11.9 Å². The summed E-state index contributed by atoms with van der Waals surface area (Å²) < 4.78 is 5.45. The second-order valence-corrected chi connectivity index (χ2v) is 5.52. The van der Waals surface area contributed by atoms with Crippen LogP contribution in [0.3, 0.4) is 0 Å². The minimum Gasteiger partial charge on any atom is -0.545 e. The van der Waals surface area contributed by atoms with Crippen molar-refractivity contribution in [2.75, 3.05) is 11.9 Å². The number of para-hydroxylation sites is 1. The summed E-state index contributed by atoms with van der Waals surface area (Å²) in [6.07, 6.45) is 0.898. The van der Waals surface area contributed by atoms with Crippen molar-refractivity contribution in [1.82, 2.24) is 5.32 Å². The van der Waals surface area contributed by atoms with Crippen LogP contribution in [0.1, 0.15) is 34.1 Å². The van der Waals surface area contributed by atoms with Gasteiger partial charge in [0.2, 0.25) is 0 Å². The normalized spacial score (nSPS) is 9.96. The molecule has 2 rings (SSSR count). The highest BCUT2D eigenvalue weighted by Crippen LogP contribution is 2.15. The van der Waals surface area contributed by atoms with Crippen LogP contribution in [0.4, 0.5) is 5.69 Å². The van der Waals surface area contributed by atoms with Crippen molar-refractivity contribution in [2.45, 2.75) is 13.3 Å². The van der Waals surface area contributed by atoms with Crippen LogP contribution in [0.25, 0.3) is 0 Å². The Kier molecular flexibility index (Phi) is 6.47. The molecule has 0 aliphatic carbocycles. The second kappa shape index (κ2) is 8.79. The zero-order valence-corrected chi connectivity index (χ0v) is 14.4. The predicted molar refractivity (Wildman–Crippen MR) is 96.7 cm³/mol. The number of benzene rings is 2. The fourth-order valence-corrected chi connectivity index (χ4v) is 2.22. The van der Waals surface area contributed by atoms with E-state index in [1.165, 1.54) is 12.1 Å². The Morgan fingerprint density at radius 2 is 1.80 bits per heavy atom. The molecule has 0 spiro atoms. The van der Waals surface area contributed by atoms with Crippen LogP contribution >= 0.6 is 12.2 Å². The van der Waals surface area contributed by atoms with E-state index in [0.29, 0.717) is 17.9 Å². The number of carbonyl (C=O) groups is 2. The molecule has 0 saturated carbocycles. The highest BCUT2D eigenvalue weighted by molar-refractivity contribution is 7.80. The van der Waals surface area contributed by atoms with E-state index in [1.54, 1.807) is 36.4 Å². The van der Waals surface area contributed by atoms with Gasteiger partial charge in [-0.1, -0.05) is 25.1 Å². The van der Waals surface area contributed by atoms with Gasteiger partial charge in [0.05, 0.1) is 12.6 Å². The first-order chi connectivity index (χ1) is 12.0. The number of ether oxygens (including phenoxy) is 1. The Morgan fingerprint density at radius 1 is 1.12 bits per heavy atom. The van der Waals surface area contributed by atoms with Crippen molar-refractivity contribution < 1.29 is 19.4 Å². The molecule has 1 amide bonds. The van der Waals surface area contributed by atoms with E-state index in [-0.39, 0.29) is 16.4 Å². The smallest absolute Gasteiger partial charge is 0.257 e. The largest absolute Gasteiger partial charge is 0.545 e. The third-order valence-corrected chi connectivity index (χ3v) is 3.42. The molecule has 6 nitrogen and oxygen atoms in total. The van der Waals surface area contributed by atoms with Gasteiger partial charge in [-0.3, -0.25) is 10.1 Å². The minimum atomic E-state index is -1.33. The molecule has 2 aromatic carbocycles. The highest BCUT2D eigenvalue weighted by Gasteiger charge is 2.10. The maximum atomic E-state index is 12.2. The van der Waals surface area contributed by atoms with Crippen molar-refractivity contribution in [3.8, 4) is 5.75 Å².